The van der Waals surface area contributed by atoms with Crippen LogP contribution in [0.5, 0.6) is 0 Å². The van der Waals surface area contributed by atoms with Crippen LogP contribution < -0.4 is 10.6 Å². The normalized spacial score (nSPS) is 20.5. The second-order valence-corrected chi connectivity index (χ2v) is 8.81. The van der Waals surface area contributed by atoms with Crippen molar-refractivity contribution in [1.29, 1.82) is 0 Å². The van der Waals surface area contributed by atoms with Crippen LogP contribution in [0.15, 0.2) is 4.99 Å². The van der Waals surface area contributed by atoms with E-state index >= 15 is 0 Å². The molecule has 1 heterocycles. The average Bonchev–Trinajstić information content (AvgIpc) is 3.35. The zero-order valence-electron chi connectivity index (χ0n) is 15.0. The minimum absolute atomic E-state index is 0. The van der Waals surface area contributed by atoms with Crippen molar-refractivity contribution >= 4 is 40.0 Å². The number of hydrogen-bond acceptors (Lipinski definition) is 3. The lowest BCUT2D eigenvalue weighted by atomic mass is 10.1. The van der Waals surface area contributed by atoms with Gasteiger partial charge in [0.1, 0.15) is 0 Å². The van der Waals surface area contributed by atoms with Crippen molar-refractivity contribution < 1.29 is 8.42 Å². The zero-order chi connectivity index (χ0) is 16.7. The first-order chi connectivity index (χ1) is 11.0. The molecule has 0 aromatic heterocycles. The highest BCUT2D eigenvalue weighted by molar-refractivity contribution is 14.0. The molecule has 0 amide bonds. The summed E-state index contributed by atoms with van der Waals surface area (Å²) in [5.41, 5.74) is 0. The standard InChI is InChI=1S/C16H32N4O2S.HI/c1-3-13-23(21,22)20-11-8-15(9-12-20)19-16(17-2)18-10-4-5-14-6-7-14;/h14-15H,3-13H2,1-2H3,(H2,17,18,19);1H. The molecule has 6 nitrogen and oxygen atoms in total. The fourth-order valence-corrected chi connectivity index (χ4v) is 4.60. The lowest BCUT2D eigenvalue weighted by Gasteiger charge is -2.32. The molecule has 2 fully saturated rings. The summed E-state index contributed by atoms with van der Waals surface area (Å²) in [5, 5.41) is 6.80. The molecule has 8 heteroatoms. The van der Waals surface area contributed by atoms with Crippen molar-refractivity contribution in [2.75, 3.05) is 32.4 Å². The van der Waals surface area contributed by atoms with Crippen LogP contribution in [0.4, 0.5) is 0 Å². The van der Waals surface area contributed by atoms with Crippen molar-refractivity contribution in [2.45, 2.75) is 57.9 Å². The first-order valence-electron chi connectivity index (χ1n) is 9.00. The Morgan fingerprint density at radius 3 is 2.42 bits per heavy atom. The van der Waals surface area contributed by atoms with Gasteiger partial charge in [-0.15, -0.1) is 24.0 Å². The Labute approximate surface area is 164 Å². The van der Waals surface area contributed by atoms with Gasteiger partial charge < -0.3 is 10.6 Å². The maximum absolute atomic E-state index is 12.1. The lowest BCUT2D eigenvalue weighted by Crippen LogP contribution is -2.50. The summed E-state index contributed by atoms with van der Waals surface area (Å²) in [6.07, 6.45) is 7.69. The van der Waals surface area contributed by atoms with Crippen LogP contribution in [0, 0.1) is 5.92 Å². The van der Waals surface area contributed by atoms with E-state index in [-0.39, 0.29) is 29.7 Å². The van der Waals surface area contributed by atoms with E-state index in [4.69, 9.17) is 0 Å². The molecule has 0 spiro atoms. The van der Waals surface area contributed by atoms with Crippen molar-refractivity contribution in [3.05, 3.63) is 0 Å². The number of piperidine rings is 1. The molecule has 2 N–H and O–H groups in total. The fourth-order valence-electron chi connectivity index (χ4n) is 3.06. The summed E-state index contributed by atoms with van der Waals surface area (Å²) in [6, 6.07) is 0.303. The third-order valence-corrected chi connectivity index (χ3v) is 6.73. The molecule has 1 aliphatic carbocycles. The van der Waals surface area contributed by atoms with Crippen LogP contribution in [0.1, 0.15) is 51.9 Å². The van der Waals surface area contributed by atoms with Crippen LogP contribution in [-0.2, 0) is 10.0 Å². The van der Waals surface area contributed by atoms with Gasteiger partial charge in [-0.2, -0.15) is 0 Å². The second-order valence-electron chi connectivity index (χ2n) is 6.72. The van der Waals surface area contributed by atoms with Gasteiger partial charge in [0.05, 0.1) is 5.75 Å². The molecule has 1 aliphatic heterocycles. The number of nitrogens with one attached hydrogen (secondary N) is 2. The van der Waals surface area contributed by atoms with E-state index in [0.717, 1.165) is 31.3 Å². The Morgan fingerprint density at radius 2 is 1.88 bits per heavy atom. The molecule has 24 heavy (non-hydrogen) atoms. The highest BCUT2D eigenvalue weighted by Crippen LogP contribution is 2.33. The predicted octanol–water partition coefficient (Wildman–Crippen LogP) is 2.16. The number of nitrogens with zero attached hydrogens (tertiary/aromatic N) is 2. The van der Waals surface area contributed by atoms with Crippen LogP contribution >= 0.6 is 24.0 Å². The van der Waals surface area contributed by atoms with Gasteiger partial charge in [0.25, 0.3) is 0 Å². The zero-order valence-corrected chi connectivity index (χ0v) is 18.1. The van der Waals surface area contributed by atoms with E-state index in [1.807, 2.05) is 6.92 Å². The third-order valence-electron chi connectivity index (χ3n) is 4.65. The number of aliphatic imine (C=N–C) groups is 1. The summed E-state index contributed by atoms with van der Waals surface area (Å²) in [6.45, 7) is 4.09. The van der Waals surface area contributed by atoms with Gasteiger partial charge in [0.15, 0.2) is 5.96 Å². The van der Waals surface area contributed by atoms with E-state index in [1.54, 1.807) is 11.4 Å². The largest absolute Gasteiger partial charge is 0.356 e. The molecule has 2 rings (SSSR count). The molecule has 0 aromatic rings. The van der Waals surface area contributed by atoms with Gasteiger partial charge in [-0.1, -0.05) is 19.8 Å². The Bertz CT molecular complexity index is 486. The van der Waals surface area contributed by atoms with Crippen LogP contribution in [-0.4, -0.2) is 57.2 Å². The van der Waals surface area contributed by atoms with Gasteiger partial charge in [0, 0.05) is 32.7 Å². The van der Waals surface area contributed by atoms with Gasteiger partial charge in [-0.25, -0.2) is 12.7 Å². The SMILES string of the molecule is CCCS(=O)(=O)N1CCC(NC(=NC)NCCCC2CC2)CC1.I. The molecule has 0 unspecified atom stereocenters. The van der Waals surface area contributed by atoms with E-state index < -0.39 is 10.0 Å². The van der Waals surface area contributed by atoms with Crippen LogP contribution in [0.2, 0.25) is 0 Å². The molecule has 0 aromatic carbocycles. The second kappa shape index (κ2) is 10.8. The number of hydrogen-bond donors (Lipinski definition) is 2. The quantitative estimate of drug-likeness (QED) is 0.246. The molecule has 142 valence electrons. The fraction of sp³-hybridized carbons (Fsp3) is 0.938. The minimum atomic E-state index is -3.05. The predicted molar refractivity (Wildman–Crippen MR) is 111 cm³/mol. The maximum atomic E-state index is 12.1. The molecule has 0 bridgehead atoms. The van der Waals surface area contributed by atoms with Gasteiger partial charge >= 0.3 is 0 Å². The van der Waals surface area contributed by atoms with E-state index in [2.05, 4.69) is 15.6 Å². The summed E-state index contributed by atoms with van der Waals surface area (Å²) >= 11 is 0. The van der Waals surface area contributed by atoms with E-state index in [9.17, 15) is 8.42 Å². The summed E-state index contributed by atoms with van der Waals surface area (Å²) in [5.74, 6) is 2.08. The van der Waals surface area contributed by atoms with Gasteiger partial charge in [-0.3, -0.25) is 4.99 Å². The van der Waals surface area contributed by atoms with Crippen molar-refractivity contribution in [3.8, 4) is 0 Å². The van der Waals surface area contributed by atoms with Crippen molar-refractivity contribution in [1.82, 2.24) is 14.9 Å². The van der Waals surface area contributed by atoms with Crippen LogP contribution in [0.3, 0.4) is 0 Å². The van der Waals surface area contributed by atoms with E-state index in [0.29, 0.717) is 25.6 Å². The number of halogens is 1. The number of sulfonamides is 1. The monoisotopic (exact) mass is 472 g/mol. The lowest BCUT2D eigenvalue weighted by molar-refractivity contribution is 0.306. The first kappa shape index (κ1) is 22.0. The molecule has 2 aliphatic rings. The summed E-state index contributed by atoms with van der Waals surface area (Å²) in [4.78, 5) is 4.27. The van der Waals surface area contributed by atoms with Gasteiger partial charge in [0.2, 0.25) is 10.0 Å². The number of rotatable bonds is 8. The third kappa shape index (κ3) is 7.43. The molecular weight excluding hydrogens is 439 g/mol. The molecular formula is C16H33IN4O2S. The first-order valence-corrected chi connectivity index (χ1v) is 10.6. The van der Waals surface area contributed by atoms with Crippen molar-refractivity contribution in [3.63, 3.8) is 0 Å². The number of guanidine groups is 1. The van der Waals surface area contributed by atoms with Crippen molar-refractivity contribution in [2.24, 2.45) is 10.9 Å². The molecule has 1 saturated heterocycles. The Hall–Kier alpha value is -0.0900. The highest BCUT2D eigenvalue weighted by Gasteiger charge is 2.27. The van der Waals surface area contributed by atoms with E-state index in [1.165, 1.54) is 25.7 Å². The smallest absolute Gasteiger partial charge is 0.214 e. The minimum Gasteiger partial charge on any atom is -0.356 e. The summed E-state index contributed by atoms with van der Waals surface area (Å²) in [7, 11) is -1.26. The summed E-state index contributed by atoms with van der Waals surface area (Å²) < 4.78 is 25.8. The molecule has 1 saturated carbocycles. The Morgan fingerprint density at radius 1 is 1.21 bits per heavy atom. The Balaban J connectivity index is 0.00000288. The Kier molecular flexibility index (Phi) is 9.88. The van der Waals surface area contributed by atoms with Gasteiger partial charge in [-0.05, 0) is 38.0 Å². The maximum Gasteiger partial charge on any atom is 0.214 e. The highest BCUT2D eigenvalue weighted by atomic mass is 127. The molecule has 0 atom stereocenters. The molecule has 0 radical (unpaired) electrons. The van der Waals surface area contributed by atoms with Crippen LogP contribution in [0.25, 0.3) is 0 Å². The average molecular weight is 472 g/mol. The topological polar surface area (TPSA) is 73.8 Å².